The van der Waals surface area contributed by atoms with Crippen LogP contribution in [-0.4, -0.2) is 39.4 Å². The molecule has 1 amide bonds. The van der Waals surface area contributed by atoms with Gasteiger partial charge in [-0.2, -0.15) is 0 Å². The quantitative estimate of drug-likeness (QED) is 0.677. The van der Waals surface area contributed by atoms with Crippen molar-refractivity contribution in [3.8, 4) is 0 Å². The van der Waals surface area contributed by atoms with Crippen LogP contribution >= 0.6 is 0 Å². The molecule has 0 aromatic heterocycles. The summed E-state index contributed by atoms with van der Waals surface area (Å²) in [5, 5.41) is 19.7. The van der Waals surface area contributed by atoms with E-state index in [1.807, 2.05) is 0 Å². The molecule has 0 bridgehead atoms. The lowest BCUT2D eigenvalue weighted by Crippen LogP contribution is -2.48. The summed E-state index contributed by atoms with van der Waals surface area (Å²) in [6.07, 6.45) is 1.64. The number of halogens is 1. The second-order valence-electron chi connectivity index (χ2n) is 4.77. The van der Waals surface area contributed by atoms with Crippen molar-refractivity contribution in [3.63, 3.8) is 0 Å². The van der Waals surface area contributed by atoms with E-state index in [2.05, 4.69) is 0 Å². The molecular weight excluding hydrogens is 283 g/mol. The number of carbonyl (C=O) groups is 2. The molecule has 1 atom stereocenters. The number of rotatable bonds is 3. The standard InChI is InChI=1S/C13H13FN2O5/c14-10-7-8(16(20)21)4-5-9(10)12(17)15-6-2-1-3-11(15)13(18)19/h4-5,7,11H,1-3,6H2,(H,18,19). The Morgan fingerprint density at radius 3 is 2.67 bits per heavy atom. The van der Waals surface area contributed by atoms with Crippen LogP contribution in [0, 0.1) is 15.9 Å². The number of carbonyl (C=O) groups excluding carboxylic acids is 1. The zero-order chi connectivity index (χ0) is 15.6. The number of carboxylic acid groups (broad SMARTS) is 1. The van der Waals surface area contributed by atoms with Crippen molar-refractivity contribution < 1.29 is 24.0 Å². The number of carboxylic acids is 1. The van der Waals surface area contributed by atoms with E-state index in [-0.39, 0.29) is 12.1 Å². The minimum absolute atomic E-state index is 0.228. The predicted molar refractivity (Wildman–Crippen MR) is 69.4 cm³/mol. The highest BCUT2D eigenvalue weighted by atomic mass is 19.1. The van der Waals surface area contributed by atoms with E-state index in [0.717, 1.165) is 17.0 Å². The number of piperidine rings is 1. The predicted octanol–water partition coefficient (Wildman–Crippen LogP) is 1.81. The fourth-order valence-corrected chi connectivity index (χ4v) is 2.38. The fraction of sp³-hybridized carbons (Fsp3) is 0.385. The van der Waals surface area contributed by atoms with Gasteiger partial charge in [-0.05, 0) is 25.3 Å². The molecule has 8 heteroatoms. The Bertz CT molecular complexity index is 604. The van der Waals surface area contributed by atoms with E-state index in [4.69, 9.17) is 5.11 Å². The first-order chi connectivity index (χ1) is 9.91. The van der Waals surface area contributed by atoms with E-state index in [1.54, 1.807) is 0 Å². The molecule has 0 saturated carbocycles. The number of nitrogens with zero attached hydrogens (tertiary/aromatic N) is 2. The topological polar surface area (TPSA) is 101 Å². The highest BCUT2D eigenvalue weighted by molar-refractivity contribution is 5.97. The van der Waals surface area contributed by atoms with Gasteiger partial charge >= 0.3 is 5.97 Å². The number of aliphatic carboxylic acids is 1. The van der Waals surface area contributed by atoms with Crippen LogP contribution in [0.15, 0.2) is 18.2 Å². The van der Waals surface area contributed by atoms with Crippen molar-refractivity contribution in [2.45, 2.75) is 25.3 Å². The summed E-state index contributed by atoms with van der Waals surface area (Å²) in [6.45, 7) is 0.228. The van der Waals surface area contributed by atoms with Gasteiger partial charge in [0.1, 0.15) is 11.9 Å². The first kappa shape index (κ1) is 14.9. The second-order valence-corrected chi connectivity index (χ2v) is 4.77. The number of likely N-dealkylation sites (tertiary alicyclic amines) is 1. The van der Waals surface area contributed by atoms with Crippen LogP contribution < -0.4 is 0 Å². The summed E-state index contributed by atoms with van der Waals surface area (Å²) < 4.78 is 13.8. The molecule has 7 nitrogen and oxygen atoms in total. The summed E-state index contributed by atoms with van der Waals surface area (Å²) in [4.78, 5) is 34.3. The van der Waals surface area contributed by atoms with Crippen molar-refractivity contribution in [1.82, 2.24) is 4.90 Å². The minimum Gasteiger partial charge on any atom is -0.480 e. The summed E-state index contributed by atoms with van der Waals surface area (Å²) in [6, 6.07) is 1.72. The molecule has 1 unspecified atom stereocenters. The van der Waals surface area contributed by atoms with Crippen LogP contribution in [0.25, 0.3) is 0 Å². The van der Waals surface area contributed by atoms with Crippen molar-refractivity contribution in [2.75, 3.05) is 6.54 Å². The monoisotopic (exact) mass is 296 g/mol. The molecule has 2 rings (SSSR count). The Hall–Kier alpha value is -2.51. The molecule has 112 valence electrons. The maximum Gasteiger partial charge on any atom is 0.326 e. The molecule has 1 heterocycles. The number of hydrogen-bond acceptors (Lipinski definition) is 4. The molecule has 1 saturated heterocycles. The van der Waals surface area contributed by atoms with Crippen LogP contribution in [0.4, 0.5) is 10.1 Å². The van der Waals surface area contributed by atoms with Gasteiger partial charge in [-0.3, -0.25) is 14.9 Å². The van der Waals surface area contributed by atoms with Crippen molar-refractivity contribution in [2.24, 2.45) is 0 Å². The molecule has 1 N–H and O–H groups in total. The maximum absolute atomic E-state index is 13.8. The average Bonchev–Trinajstić information content (AvgIpc) is 2.46. The molecule has 1 fully saturated rings. The summed E-state index contributed by atoms with van der Waals surface area (Å²) in [7, 11) is 0. The lowest BCUT2D eigenvalue weighted by molar-refractivity contribution is -0.385. The second kappa shape index (κ2) is 5.86. The molecule has 21 heavy (non-hydrogen) atoms. The highest BCUT2D eigenvalue weighted by Gasteiger charge is 2.33. The van der Waals surface area contributed by atoms with E-state index in [0.29, 0.717) is 25.3 Å². The van der Waals surface area contributed by atoms with Gasteiger partial charge < -0.3 is 10.0 Å². The smallest absolute Gasteiger partial charge is 0.326 e. The number of non-ortho nitro benzene ring substituents is 1. The first-order valence-corrected chi connectivity index (χ1v) is 6.39. The highest BCUT2D eigenvalue weighted by Crippen LogP contribution is 2.23. The maximum atomic E-state index is 13.8. The Kier molecular flexibility index (Phi) is 4.15. The van der Waals surface area contributed by atoms with E-state index in [1.165, 1.54) is 0 Å². The molecule has 1 aromatic carbocycles. The minimum atomic E-state index is -1.13. The number of nitro groups is 1. The number of nitro benzene ring substituents is 1. The normalized spacial score (nSPS) is 18.3. The van der Waals surface area contributed by atoms with Crippen molar-refractivity contribution in [3.05, 3.63) is 39.7 Å². The lowest BCUT2D eigenvalue weighted by atomic mass is 10.0. The largest absolute Gasteiger partial charge is 0.480 e. The summed E-state index contributed by atoms with van der Waals surface area (Å²) in [5.41, 5.74) is -0.814. The zero-order valence-corrected chi connectivity index (χ0v) is 11.0. The van der Waals surface area contributed by atoms with E-state index < -0.39 is 34.3 Å². The Balaban J connectivity index is 2.30. The van der Waals surface area contributed by atoms with Gasteiger partial charge in [-0.15, -0.1) is 0 Å². The summed E-state index contributed by atoms with van der Waals surface area (Å²) in [5.74, 6) is -2.91. The van der Waals surface area contributed by atoms with Crippen LogP contribution in [0.5, 0.6) is 0 Å². The van der Waals surface area contributed by atoms with E-state index >= 15 is 0 Å². The van der Waals surface area contributed by atoms with Gasteiger partial charge in [0, 0.05) is 12.6 Å². The van der Waals surface area contributed by atoms with Crippen molar-refractivity contribution >= 4 is 17.6 Å². The molecular formula is C13H13FN2O5. The first-order valence-electron chi connectivity index (χ1n) is 6.39. The number of benzene rings is 1. The van der Waals surface area contributed by atoms with Gasteiger partial charge in [0.15, 0.2) is 0 Å². The van der Waals surface area contributed by atoms with Gasteiger partial charge in [0.25, 0.3) is 11.6 Å². The van der Waals surface area contributed by atoms with Gasteiger partial charge in [-0.1, -0.05) is 0 Å². The third kappa shape index (κ3) is 2.99. The third-order valence-corrected chi connectivity index (χ3v) is 3.44. The van der Waals surface area contributed by atoms with E-state index in [9.17, 15) is 24.1 Å². The zero-order valence-electron chi connectivity index (χ0n) is 11.0. The Morgan fingerprint density at radius 1 is 1.38 bits per heavy atom. The third-order valence-electron chi connectivity index (χ3n) is 3.44. The summed E-state index contributed by atoms with van der Waals surface area (Å²) >= 11 is 0. The van der Waals surface area contributed by atoms with Crippen molar-refractivity contribution in [1.29, 1.82) is 0 Å². The molecule has 0 aliphatic carbocycles. The van der Waals surface area contributed by atoms with Crippen LogP contribution in [-0.2, 0) is 4.79 Å². The fourth-order valence-electron chi connectivity index (χ4n) is 2.38. The van der Waals surface area contributed by atoms with Crippen LogP contribution in [0.2, 0.25) is 0 Å². The van der Waals surface area contributed by atoms with Gasteiger partial charge in [0.05, 0.1) is 16.6 Å². The van der Waals surface area contributed by atoms with Crippen LogP contribution in [0.1, 0.15) is 29.6 Å². The SMILES string of the molecule is O=C(O)C1CCCCN1C(=O)c1ccc([N+](=O)[O-])cc1F. The molecule has 1 aliphatic rings. The number of amides is 1. The molecule has 1 aromatic rings. The van der Waals surface area contributed by atoms with Crippen LogP contribution in [0.3, 0.4) is 0 Å². The lowest BCUT2D eigenvalue weighted by Gasteiger charge is -2.33. The van der Waals surface area contributed by atoms with Gasteiger partial charge in [0.2, 0.25) is 0 Å². The molecule has 1 aliphatic heterocycles. The van der Waals surface area contributed by atoms with Gasteiger partial charge in [-0.25, -0.2) is 9.18 Å². The molecule has 0 radical (unpaired) electrons. The Labute approximate surface area is 119 Å². The average molecular weight is 296 g/mol. The Morgan fingerprint density at radius 2 is 2.10 bits per heavy atom. The number of hydrogen-bond donors (Lipinski definition) is 1. The molecule has 0 spiro atoms.